The smallest absolute Gasteiger partial charge is 0.327 e. The maximum absolute atomic E-state index is 11.1. The van der Waals surface area contributed by atoms with Gasteiger partial charge in [0.1, 0.15) is 11.8 Å². The maximum atomic E-state index is 11.1. The van der Waals surface area contributed by atoms with Crippen molar-refractivity contribution in [3.05, 3.63) is 28.2 Å². The molecular formula is C9H10BrNO3. The first kappa shape index (κ1) is 11.0. The van der Waals surface area contributed by atoms with Crippen molar-refractivity contribution in [3.8, 4) is 5.75 Å². The molecule has 0 aliphatic rings. The number of methoxy groups -OCH3 is 1. The number of esters is 1. The van der Waals surface area contributed by atoms with Crippen molar-refractivity contribution in [2.24, 2.45) is 5.73 Å². The highest BCUT2D eigenvalue weighted by molar-refractivity contribution is 9.10. The number of nitrogens with two attached hydrogens (primary N) is 1. The Bertz CT molecular complexity index is 354. The summed E-state index contributed by atoms with van der Waals surface area (Å²) in [5, 5.41) is 9.22. The molecule has 3 N–H and O–H groups in total. The van der Waals surface area contributed by atoms with Gasteiger partial charge in [0.2, 0.25) is 0 Å². The molecular weight excluding hydrogens is 250 g/mol. The number of hydrogen-bond acceptors (Lipinski definition) is 4. The van der Waals surface area contributed by atoms with E-state index in [0.717, 1.165) is 0 Å². The van der Waals surface area contributed by atoms with Crippen LogP contribution < -0.4 is 5.73 Å². The van der Waals surface area contributed by atoms with Gasteiger partial charge in [-0.1, -0.05) is 6.07 Å². The quantitative estimate of drug-likeness (QED) is 0.787. The number of aromatic hydroxyl groups is 1. The minimum atomic E-state index is -0.822. The van der Waals surface area contributed by atoms with Gasteiger partial charge in [-0.05, 0) is 33.6 Å². The molecule has 1 aromatic rings. The Hall–Kier alpha value is -1.07. The number of carbonyl (C=O) groups excluding carboxylic acids is 1. The lowest BCUT2D eigenvalue weighted by molar-refractivity contribution is -0.142. The number of carbonyl (C=O) groups is 1. The number of benzene rings is 1. The zero-order valence-corrected chi connectivity index (χ0v) is 9.11. The standard InChI is InChI=1S/C9H10BrNO3/c1-14-9(13)8(11)5-2-3-7(12)6(10)4-5/h2-4,8,12H,11H2,1H3/t8-/m1/s1. The number of rotatable bonds is 2. The van der Waals surface area contributed by atoms with Crippen LogP contribution in [0.15, 0.2) is 22.7 Å². The van der Waals surface area contributed by atoms with Crippen LogP contribution in [0.2, 0.25) is 0 Å². The summed E-state index contributed by atoms with van der Waals surface area (Å²) in [7, 11) is 1.28. The van der Waals surface area contributed by atoms with Crippen molar-refractivity contribution in [1.29, 1.82) is 0 Å². The first-order valence-electron chi connectivity index (χ1n) is 3.88. The summed E-state index contributed by atoms with van der Waals surface area (Å²) in [6.45, 7) is 0. The van der Waals surface area contributed by atoms with Gasteiger partial charge in [-0.25, -0.2) is 0 Å². The fourth-order valence-corrected chi connectivity index (χ4v) is 1.38. The molecule has 1 rings (SSSR count). The molecule has 76 valence electrons. The predicted molar refractivity (Wildman–Crippen MR) is 54.8 cm³/mol. The van der Waals surface area contributed by atoms with E-state index in [0.29, 0.717) is 10.0 Å². The molecule has 0 spiro atoms. The molecule has 14 heavy (non-hydrogen) atoms. The van der Waals surface area contributed by atoms with Gasteiger partial charge in [0, 0.05) is 0 Å². The topological polar surface area (TPSA) is 72.5 Å². The summed E-state index contributed by atoms with van der Waals surface area (Å²) >= 11 is 3.13. The second-order valence-electron chi connectivity index (χ2n) is 2.71. The summed E-state index contributed by atoms with van der Waals surface area (Å²) in [4.78, 5) is 11.1. The molecule has 4 nitrogen and oxygen atoms in total. The lowest BCUT2D eigenvalue weighted by Gasteiger charge is -2.10. The van der Waals surface area contributed by atoms with E-state index in [2.05, 4.69) is 20.7 Å². The molecule has 5 heteroatoms. The average Bonchev–Trinajstić information content (AvgIpc) is 2.20. The van der Waals surface area contributed by atoms with E-state index in [4.69, 9.17) is 5.73 Å². The maximum Gasteiger partial charge on any atom is 0.327 e. The van der Waals surface area contributed by atoms with E-state index in [1.54, 1.807) is 12.1 Å². The number of halogens is 1. The van der Waals surface area contributed by atoms with E-state index in [1.807, 2.05) is 0 Å². The highest BCUT2D eigenvalue weighted by atomic mass is 79.9. The van der Waals surface area contributed by atoms with Crippen molar-refractivity contribution in [2.45, 2.75) is 6.04 Å². The van der Waals surface area contributed by atoms with Crippen LogP contribution in [-0.4, -0.2) is 18.2 Å². The molecule has 0 aliphatic heterocycles. The fraction of sp³-hybridized carbons (Fsp3) is 0.222. The van der Waals surface area contributed by atoms with Gasteiger partial charge in [-0.3, -0.25) is 4.79 Å². The Labute approximate surface area is 89.8 Å². The number of phenols is 1. The second-order valence-corrected chi connectivity index (χ2v) is 3.57. The highest BCUT2D eigenvalue weighted by Crippen LogP contribution is 2.26. The molecule has 0 radical (unpaired) electrons. The van der Waals surface area contributed by atoms with E-state index in [1.165, 1.54) is 13.2 Å². The Balaban J connectivity index is 2.96. The summed E-state index contributed by atoms with van der Waals surface area (Å²) in [6, 6.07) is 3.79. The van der Waals surface area contributed by atoms with Crippen molar-refractivity contribution in [2.75, 3.05) is 7.11 Å². The van der Waals surface area contributed by atoms with Crippen LogP contribution >= 0.6 is 15.9 Å². The van der Waals surface area contributed by atoms with Crippen LogP contribution in [0.1, 0.15) is 11.6 Å². The third-order valence-electron chi connectivity index (χ3n) is 1.79. The van der Waals surface area contributed by atoms with Crippen LogP contribution in [-0.2, 0) is 9.53 Å². The van der Waals surface area contributed by atoms with Crippen LogP contribution in [0, 0.1) is 0 Å². The van der Waals surface area contributed by atoms with E-state index < -0.39 is 12.0 Å². The number of ether oxygens (including phenoxy) is 1. The lowest BCUT2D eigenvalue weighted by Crippen LogP contribution is -2.22. The van der Waals surface area contributed by atoms with E-state index >= 15 is 0 Å². The van der Waals surface area contributed by atoms with Gasteiger partial charge in [0.05, 0.1) is 11.6 Å². The fourth-order valence-electron chi connectivity index (χ4n) is 0.980. The number of hydrogen-bond donors (Lipinski definition) is 2. The minimum absolute atomic E-state index is 0.103. The minimum Gasteiger partial charge on any atom is -0.507 e. The van der Waals surface area contributed by atoms with Gasteiger partial charge < -0.3 is 15.6 Å². The third-order valence-corrected chi connectivity index (χ3v) is 2.42. The van der Waals surface area contributed by atoms with Crippen molar-refractivity contribution < 1.29 is 14.6 Å². The Morgan fingerprint density at radius 2 is 2.29 bits per heavy atom. The zero-order chi connectivity index (χ0) is 10.7. The Morgan fingerprint density at radius 3 is 2.79 bits per heavy atom. The first-order chi connectivity index (χ1) is 6.56. The molecule has 0 unspecified atom stereocenters. The van der Waals surface area contributed by atoms with Gasteiger partial charge in [0.25, 0.3) is 0 Å². The normalized spacial score (nSPS) is 12.2. The largest absolute Gasteiger partial charge is 0.507 e. The Morgan fingerprint density at radius 1 is 1.64 bits per heavy atom. The molecule has 1 aromatic carbocycles. The van der Waals surface area contributed by atoms with Gasteiger partial charge in [-0.2, -0.15) is 0 Å². The van der Waals surface area contributed by atoms with Crippen molar-refractivity contribution >= 4 is 21.9 Å². The van der Waals surface area contributed by atoms with Crippen LogP contribution in [0.3, 0.4) is 0 Å². The molecule has 0 saturated carbocycles. The molecule has 0 aromatic heterocycles. The molecule has 0 heterocycles. The Kier molecular flexibility index (Phi) is 3.49. The number of phenolic OH excluding ortho intramolecular Hbond substituents is 1. The van der Waals surface area contributed by atoms with Gasteiger partial charge in [-0.15, -0.1) is 0 Å². The summed E-state index contributed by atoms with van der Waals surface area (Å²) < 4.78 is 4.99. The van der Waals surface area contributed by atoms with Crippen LogP contribution in [0.4, 0.5) is 0 Å². The molecule has 0 fully saturated rings. The van der Waals surface area contributed by atoms with Gasteiger partial charge in [0.15, 0.2) is 0 Å². The monoisotopic (exact) mass is 259 g/mol. The molecule has 0 saturated heterocycles. The first-order valence-corrected chi connectivity index (χ1v) is 4.67. The molecule has 0 amide bonds. The SMILES string of the molecule is COC(=O)[C@H](N)c1ccc(O)c(Br)c1. The third kappa shape index (κ3) is 2.24. The molecule has 1 atom stereocenters. The average molecular weight is 260 g/mol. The summed E-state index contributed by atoms with van der Waals surface area (Å²) in [6.07, 6.45) is 0. The van der Waals surface area contributed by atoms with Crippen molar-refractivity contribution in [1.82, 2.24) is 0 Å². The predicted octanol–water partition coefficient (Wildman–Crippen LogP) is 1.33. The molecule has 0 bridgehead atoms. The van der Waals surface area contributed by atoms with Crippen LogP contribution in [0.25, 0.3) is 0 Å². The van der Waals surface area contributed by atoms with Crippen molar-refractivity contribution in [3.63, 3.8) is 0 Å². The van der Waals surface area contributed by atoms with E-state index in [-0.39, 0.29) is 5.75 Å². The highest BCUT2D eigenvalue weighted by Gasteiger charge is 2.16. The second kappa shape index (κ2) is 4.43. The summed E-state index contributed by atoms with van der Waals surface area (Å²) in [5.74, 6) is -0.409. The molecule has 0 aliphatic carbocycles. The van der Waals surface area contributed by atoms with Crippen LogP contribution in [0.5, 0.6) is 5.75 Å². The van der Waals surface area contributed by atoms with Gasteiger partial charge >= 0.3 is 5.97 Å². The zero-order valence-electron chi connectivity index (χ0n) is 7.53. The summed E-state index contributed by atoms with van der Waals surface area (Å²) in [5.41, 5.74) is 6.18. The van der Waals surface area contributed by atoms with E-state index in [9.17, 15) is 9.90 Å². The lowest BCUT2D eigenvalue weighted by atomic mass is 10.1.